The van der Waals surface area contributed by atoms with Crippen LogP contribution >= 0.6 is 24.0 Å². The SMILES string of the molecule is COC(=O)c1ccc(CCN=C(N)Nc2ccc(OC)cc2)cc1.I. The molecule has 3 N–H and O–H groups in total. The number of nitrogens with zero attached hydrogens (tertiary/aromatic N) is 1. The van der Waals surface area contributed by atoms with Gasteiger partial charge in [0.2, 0.25) is 0 Å². The Morgan fingerprint density at radius 2 is 1.72 bits per heavy atom. The van der Waals surface area contributed by atoms with E-state index in [-0.39, 0.29) is 29.9 Å². The highest BCUT2D eigenvalue weighted by atomic mass is 127. The molecule has 0 bridgehead atoms. The maximum Gasteiger partial charge on any atom is 0.337 e. The van der Waals surface area contributed by atoms with Crippen molar-refractivity contribution >= 4 is 41.6 Å². The van der Waals surface area contributed by atoms with Crippen LogP contribution < -0.4 is 15.8 Å². The van der Waals surface area contributed by atoms with E-state index in [0.717, 1.165) is 23.4 Å². The van der Waals surface area contributed by atoms with Crippen molar-refractivity contribution in [3.63, 3.8) is 0 Å². The van der Waals surface area contributed by atoms with E-state index in [4.69, 9.17) is 10.5 Å². The van der Waals surface area contributed by atoms with Crippen LogP contribution in [-0.4, -0.2) is 32.7 Å². The van der Waals surface area contributed by atoms with E-state index in [9.17, 15) is 4.79 Å². The maximum atomic E-state index is 11.4. The van der Waals surface area contributed by atoms with E-state index < -0.39 is 0 Å². The molecular formula is C18H22IN3O3. The average Bonchev–Trinajstić information content (AvgIpc) is 2.62. The Hall–Kier alpha value is -2.29. The Morgan fingerprint density at radius 1 is 1.08 bits per heavy atom. The van der Waals surface area contributed by atoms with Gasteiger partial charge < -0.3 is 20.5 Å². The predicted octanol–water partition coefficient (Wildman–Crippen LogP) is 3.07. The Morgan fingerprint density at radius 3 is 2.28 bits per heavy atom. The quantitative estimate of drug-likeness (QED) is 0.303. The third kappa shape index (κ3) is 6.61. The Bertz CT molecular complexity index is 701. The molecule has 2 rings (SSSR count). The largest absolute Gasteiger partial charge is 0.497 e. The van der Waals surface area contributed by atoms with Crippen molar-refractivity contribution in [3.05, 3.63) is 59.7 Å². The van der Waals surface area contributed by atoms with Crippen molar-refractivity contribution in [2.24, 2.45) is 10.7 Å². The Labute approximate surface area is 164 Å². The number of hydrogen-bond acceptors (Lipinski definition) is 4. The van der Waals surface area contributed by atoms with Crippen molar-refractivity contribution in [2.45, 2.75) is 6.42 Å². The van der Waals surface area contributed by atoms with Gasteiger partial charge in [0.1, 0.15) is 5.75 Å². The Balaban J connectivity index is 0.00000312. The summed E-state index contributed by atoms with van der Waals surface area (Å²) in [6.45, 7) is 0.548. The minimum Gasteiger partial charge on any atom is -0.497 e. The first-order valence-electron chi connectivity index (χ1n) is 7.50. The summed E-state index contributed by atoms with van der Waals surface area (Å²) in [6, 6.07) is 14.7. The van der Waals surface area contributed by atoms with Gasteiger partial charge in [0, 0.05) is 12.2 Å². The number of anilines is 1. The number of ether oxygens (including phenoxy) is 2. The number of hydrogen-bond donors (Lipinski definition) is 2. The maximum absolute atomic E-state index is 11.4. The van der Waals surface area contributed by atoms with E-state index >= 15 is 0 Å². The summed E-state index contributed by atoms with van der Waals surface area (Å²) in [7, 11) is 2.99. The van der Waals surface area contributed by atoms with Gasteiger partial charge in [-0.15, -0.1) is 24.0 Å². The molecule has 0 saturated heterocycles. The number of nitrogens with one attached hydrogen (secondary N) is 1. The zero-order valence-corrected chi connectivity index (χ0v) is 16.5. The van der Waals surface area contributed by atoms with Gasteiger partial charge in [0.05, 0.1) is 19.8 Å². The van der Waals surface area contributed by atoms with Crippen molar-refractivity contribution in [1.82, 2.24) is 0 Å². The molecule has 2 aromatic carbocycles. The first kappa shape index (κ1) is 20.8. The molecule has 2 aromatic rings. The molecule has 6 nitrogen and oxygen atoms in total. The molecule has 0 aromatic heterocycles. The summed E-state index contributed by atoms with van der Waals surface area (Å²) in [5.41, 5.74) is 8.32. The van der Waals surface area contributed by atoms with Gasteiger partial charge in [-0.25, -0.2) is 4.79 Å². The number of rotatable bonds is 6. The van der Waals surface area contributed by atoms with Crippen LogP contribution in [0, 0.1) is 0 Å². The first-order chi connectivity index (χ1) is 11.6. The van der Waals surface area contributed by atoms with E-state index in [1.165, 1.54) is 7.11 Å². The standard InChI is InChI=1S/C18H21N3O3.HI/c1-23-16-9-7-15(8-10-16)21-18(19)20-12-11-13-3-5-14(6-4-13)17(22)24-2;/h3-10H,11-12H2,1-2H3,(H3,19,20,21);1H. The number of benzene rings is 2. The molecule has 0 aliphatic rings. The fourth-order valence-electron chi connectivity index (χ4n) is 2.09. The molecule has 25 heavy (non-hydrogen) atoms. The fourth-order valence-corrected chi connectivity index (χ4v) is 2.09. The van der Waals surface area contributed by atoms with Gasteiger partial charge in [-0.2, -0.15) is 0 Å². The number of guanidine groups is 1. The molecule has 0 atom stereocenters. The van der Waals surface area contributed by atoms with Gasteiger partial charge >= 0.3 is 5.97 Å². The van der Waals surface area contributed by atoms with Gasteiger partial charge in [0.25, 0.3) is 0 Å². The Kier molecular flexibility index (Phi) is 8.76. The van der Waals surface area contributed by atoms with Crippen molar-refractivity contribution in [1.29, 1.82) is 0 Å². The number of methoxy groups -OCH3 is 2. The third-order valence-corrected chi connectivity index (χ3v) is 3.42. The second kappa shape index (κ2) is 10.5. The molecule has 0 radical (unpaired) electrons. The van der Waals surface area contributed by atoms with Crippen LogP contribution in [0.3, 0.4) is 0 Å². The number of aliphatic imine (C=N–C) groups is 1. The molecule has 0 unspecified atom stereocenters. The monoisotopic (exact) mass is 455 g/mol. The lowest BCUT2D eigenvalue weighted by atomic mass is 10.1. The number of esters is 1. The van der Waals surface area contributed by atoms with Gasteiger partial charge in [-0.3, -0.25) is 4.99 Å². The van der Waals surface area contributed by atoms with Gasteiger partial charge in [-0.1, -0.05) is 12.1 Å². The normalized spacial score (nSPS) is 10.6. The molecule has 0 aliphatic heterocycles. The van der Waals surface area contributed by atoms with Crippen molar-refractivity contribution in [2.75, 3.05) is 26.1 Å². The second-order valence-electron chi connectivity index (χ2n) is 5.06. The topological polar surface area (TPSA) is 85.9 Å². The summed E-state index contributed by atoms with van der Waals surface area (Å²) in [4.78, 5) is 15.7. The minimum atomic E-state index is -0.340. The summed E-state index contributed by atoms with van der Waals surface area (Å²) in [6.07, 6.45) is 0.729. The molecule has 0 aliphatic carbocycles. The van der Waals surface area contributed by atoms with Crippen LogP contribution in [0.5, 0.6) is 5.75 Å². The number of carbonyl (C=O) groups excluding carboxylic acids is 1. The highest BCUT2D eigenvalue weighted by molar-refractivity contribution is 14.0. The lowest BCUT2D eigenvalue weighted by molar-refractivity contribution is 0.0600. The van der Waals surface area contributed by atoms with Gasteiger partial charge in [-0.05, 0) is 48.4 Å². The smallest absolute Gasteiger partial charge is 0.337 e. The van der Waals surface area contributed by atoms with Crippen LogP contribution in [0.2, 0.25) is 0 Å². The number of nitrogens with two attached hydrogens (primary N) is 1. The number of halogens is 1. The van der Waals surface area contributed by atoms with E-state index in [1.807, 2.05) is 36.4 Å². The van der Waals surface area contributed by atoms with Crippen LogP contribution in [0.15, 0.2) is 53.5 Å². The molecule has 0 fully saturated rings. The van der Waals surface area contributed by atoms with Crippen molar-refractivity contribution in [3.8, 4) is 5.75 Å². The van der Waals surface area contributed by atoms with Crippen LogP contribution in [0.1, 0.15) is 15.9 Å². The highest BCUT2D eigenvalue weighted by Crippen LogP contribution is 2.14. The zero-order chi connectivity index (χ0) is 17.4. The predicted molar refractivity (Wildman–Crippen MR) is 110 cm³/mol. The van der Waals surface area contributed by atoms with Crippen LogP contribution in [0.25, 0.3) is 0 Å². The summed E-state index contributed by atoms with van der Waals surface area (Å²) in [5, 5.41) is 3.02. The minimum absolute atomic E-state index is 0. The van der Waals surface area contributed by atoms with E-state index in [1.54, 1.807) is 19.2 Å². The lowest BCUT2D eigenvalue weighted by Gasteiger charge is -2.07. The van der Waals surface area contributed by atoms with Gasteiger partial charge in [0.15, 0.2) is 5.96 Å². The van der Waals surface area contributed by atoms with Crippen molar-refractivity contribution < 1.29 is 14.3 Å². The highest BCUT2D eigenvalue weighted by Gasteiger charge is 2.04. The average molecular weight is 455 g/mol. The molecular weight excluding hydrogens is 433 g/mol. The van der Waals surface area contributed by atoms with Crippen LogP contribution in [0.4, 0.5) is 5.69 Å². The zero-order valence-electron chi connectivity index (χ0n) is 14.2. The van der Waals surface area contributed by atoms with E-state index in [2.05, 4.69) is 15.0 Å². The summed E-state index contributed by atoms with van der Waals surface area (Å²) < 4.78 is 9.77. The molecule has 0 heterocycles. The summed E-state index contributed by atoms with van der Waals surface area (Å²) in [5.74, 6) is 0.797. The van der Waals surface area contributed by atoms with Crippen LogP contribution in [-0.2, 0) is 11.2 Å². The third-order valence-electron chi connectivity index (χ3n) is 3.42. The molecule has 0 saturated carbocycles. The fraction of sp³-hybridized carbons (Fsp3) is 0.222. The molecule has 134 valence electrons. The van der Waals surface area contributed by atoms with E-state index in [0.29, 0.717) is 18.1 Å². The molecule has 7 heteroatoms. The summed E-state index contributed by atoms with van der Waals surface area (Å²) >= 11 is 0. The second-order valence-corrected chi connectivity index (χ2v) is 5.06. The molecule has 0 spiro atoms. The lowest BCUT2D eigenvalue weighted by Crippen LogP contribution is -2.23. The number of carbonyl (C=O) groups is 1. The first-order valence-corrected chi connectivity index (χ1v) is 7.50. The molecule has 0 amide bonds.